The lowest BCUT2D eigenvalue weighted by atomic mass is 10.3. The van der Waals surface area contributed by atoms with E-state index in [1.807, 2.05) is 18.4 Å². The van der Waals surface area contributed by atoms with Gasteiger partial charge in [0.1, 0.15) is 0 Å². The number of thiophene rings is 1. The summed E-state index contributed by atoms with van der Waals surface area (Å²) >= 11 is 1.60. The molecule has 2 amide bonds. The smallest absolute Gasteiger partial charge is 0.288 e. The molecule has 6 heteroatoms. The minimum Gasteiger partial charge on any atom is -0.288 e. The Bertz CT molecular complexity index is 432. The predicted octanol–water partition coefficient (Wildman–Crippen LogP) is 0.159. The zero-order valence-corrected chi connectivity index (χ0v) is 8.85. The molecule has 1 saturated heterocycles. The lowest BCUT2D eigenvalue weighted by Crippen LogP contribution is -2.25. The van der Waals surface area contributed by atoms with E-state index in [0.717, 1.165) is 4.88 Å². The molecule has 0 radical (unpaired) electrons. The zero-order chi connectivity index (χ0) is 10.8. The number of guanidine groups is 1. The Morgan fingerprint density at radius 1 is 1.33 bits per heavy atom. The molecular formula is C9H9N3O2S. The molecule has 0 saturated carbocycles. The molecular weight excluding hydrogens is 214 g/mol. The number of hydrogen-bond donors (Lipinski definition) is 2. The first kappa shape index (κ1) is 9.85. The van der Waals surface area contributed by atoms with Gasteiger partial charge in [0.2, 0.25) is 5.96 Å². The van der Waals surface area contributed by atoms with Gasteiger partial charge in [0, 0.05) is 4.88 Å². The van der Waals surface area contributed by atoms with Gasteiger partial charge in [-0.05, 0) is 23.9 Å². The largest absolute Gasteiger partial charge is 0.316 e. The summed E-state index contributed by atoms with van der Waals surface area (Å²) in [5.74, 6) is -1.08. The third-order valence-electron chi connectivity index (χ3n) is 2.02. The predicted molar refractivity (Wildman–Crippen MR) is 56.5 cm³/mol. The van der Waals surface area contributed by atoms with Crippen molar-refractivity contribution in [3.05, 3.63) is 21.9 Å². The van der Waals surface area contributed by atoms with Crippen molar-refractivity contribution in [1.29, 1.82) is 0 Å². The standard InChI is InChI=1S/C9H9N3O2S/c1-5-2-3-15-6(5)4-10-9-11-7(13)8(14)12-9/h2-3H,4H2,1H3,(H2,10,11,12,13,14). The molecule has 0 spiro atoms. The number of rotatable bonds is 2. The topological polar surface area (TPSA) is 70.6 Å². The van der Waals surface area contributed by atoms with E-state index in [-0.39, 0.29) is 5.96 Å². The van der Waals surface area contributed by atoms with Crippen LogP contribution >= 0.6 is 11.3 Å². The first-order chi connectivity index (χ1) is 7.16. The maximum absolute atomic E-state index is 10.8. The Balaban J connectivity index is 2.04. The highest BCUT2D eigenvalue weighted by molar-refractivity contribution is 7.10. The van der Waals surface area contributed by atoms with E-state index in [1.165, 1.54) is 5.56 Å². The van der Waals surface area contributed by atoms with Crippen molar-refractivity contribution in [3.63, 3.8) is 0 Å². The summed E-state index contributed by atoms with van der Waals surface area (Å²) in [4.78, 5) is 26.8. The monoisotopic (exact) mass is 223 g/mol. The summed E-state index contributed by atoms with van der Waals surface area (Å²) in [6.07, 6.45) is 0. The van der Waals surface area contributed by atoms with Crippen LogP contribution in [0.3, 0.4) is 0 Å². The van der Waals surface area contributed by atoms with Gasteiger partial charge in [-0.1, -0.05) is 0 Å². The molecule has 2 rings (SSSR count). The second-order valence-corrected chi connectivity index (χ2v) is 4.10. The summed E-state index contributed by atoms with van der Waals surface area (Å²) in [6.45, 7) is 2.47. The summed E-state index contributed by atoms with van der Waals surface area (Å²) in [6, 6.07) is 2.01. The van der Waals surface area contributed by atoms with Gasteiger partial charge in [-0.3, -0.25) is 20.2 Å². The van der Waals surface area contributed by atoms with Crippen LogP contribution in [-0.2, 0) is 16.1 Å². The number of hydrogen-bond acceptors (Lipinski definition) is 4. The van der Waals surface area contributed by atoms with Crippen LogP contribution in [0.4, 0.5) is 0 Å². The molecule has 0 unspecified atom stereocenters. The Kier molecular flexibility index (Phi) is 2.51. The Hall–Kier alpha value is -1.69. The number of carbonyl (C=O) groups is 2. The summed E-state index contributed by atoms with van der Waals surface area (Å²) < 4.78 is 0. The van der Waals surface area contributed by atoms with E-state index in [9.17, 15) is 9.59 Å². The minimum atomic E-state index is -0.656. The van der Waals surface area contributed by atoms with Gasteiger partial charge in [0.15, 0.2) is 0 Å². The molecule has 2 heterocycles. The Morgan fingerprint density at radius 3 is 2.53 bits per heavy atom. The van der Waals surface area contributed by atoms with Crippen molar-refractivity contribution in [1.82, 2.24) is 10.6 Å². The quantitative estimate of drug-likeness (QED) is 0.701. The van der Waals surface area contributed by atoms with Gasteiger partial charge in [-0.25, -0.2) is 4.99 Å². The maximum atomic E-state index is 10.8. The summed E-state index contributed by atoms with van der Waals surface area (Å²) in [7, 11) is 0. The first-order valence-electron chi connectivity index (χ1n) is 4.36. The number of nitrogens with one attached hydrogen (secondary N) is 2. The van der Waals surface area contributed by atoms with Crippen molar-refractivity contribution >= 4 is 29.1 Å². The lowest BCUT2D eigenvalue weighted by Gasteiger charge is -1.96. The molecule has 1 aliphatic heterocycles. The van der Waals surface area contributed by atoms with Crippen LogP contribution in [0.5, 0.6) is 0 Å². The first-order valence-corrected chi connectivity index (χ1v) is 5.24. The molecule has 78 valence electrons. The van der Waals surface area contributed by atoms with Crippen LogP contribution in [0.2, 0.25) is 0 Å². The number of nitrogens with zero attached hydrogens (tertiary/aromatic N) is 1. The maximum Gasteiger partial charge on any atom is 0.316 e. The van der Waals surface area contributed by atoms with Gasteiger partial charge in [-0.15, -0.1) is 11.3 Å². The van der Waals surface area contributed by atoms with E-state index in [0.29, 0.717) is 6.54 Å². The van der Waals surface area contributed by atoms with Crippen molar-refractivity contribution in [2.75, 3.05) is 0 Å². The normalized spacial score (nSPS) is 15.1. The van der Waals surface area contributed by atoms with E-state index in [1.54, 1.807) is 11.3 Å². The van der Waals surface area contributed by atoms with Gasteiger partial charge >= 0.3 is 11.8 Å². The highest BCUT2D eigenvalue weighted by Crippen LogP contribution is 2.16. The molecule has 0 bridgehead atoms. The SMILES string of the molecule is Cc1ccsc1CN=C1NC(=O)C(=O)N1. The highest BCUT2D eigenvalue weighted by Gasteiger charge is 2.24. The third-order valence-corrected chi connectivity index (χ3v) is 3.03. The Morgan fingerprint density at radius 2 is 2.00 bits per heavy atom. The van der Waals surface area contributed by atoms with Crippen LogP contribution in [0, 0.1) is 6.92 Å². The fourth-order valence-corrected chi connectivity index (χ4v) is 1.99. The molecule has 2 N–H and O–H groups in total. The average Bonchev–Trinajstić information content (AvgIpc) is 2.72. The molecule has 1 aliphatic rings. The molecule has 15 heavy (non-hydrogen) atoms. The fraction of sp³-hybridized carbons (Fsp3) is 0.222. The highest BCUT2D eigenvalue weighted by atomic mass is 32.1. The lowest BCUT2D eigenvalue weighted by molar-refractivity contribution is -0.135. The van der Waals surface area contributed by atoms with Crippen LogP contribution in [-0.4, -0.2) is 17.8 Å². The molecule has 5 nitrogen and oxygen atoms in total. The molecule has 0 atom stereocenters. The van der Waals surface area contributed by atoms with Crippen molar-refractivity contribution in [2.24, 2.45) is 4.99 Å². The van der Waals surface area contributed by atoms with Gasteiger partial charge in [0.25, 0.3) is 0 Å². The van der Waals surface area contributed by atoms with E-state index in [4.69, 9.17) is 0 Å². The average molecular weight is 223 g/mol. The van der Waals surface area contributed by atoms with Gasteiger partial charge in [-0.2, -0.15) is 0 Å². The van der Waals surface area contributed by atoms with Crippen LogP contribution < -0.4 is 10.6 Å². The fourth-order valence-electron chi connectivity index (χ4n) is 1.16. The summed E-state index contributed by atoms with van der Waals surface area (Å²) in [5.41, 5.74) is 1.17. The van der Waals surface area contributed by atoms with Gasteiger partial charge in [0.05, 0.1) is 6.54 Å². The van der Waals surface area contributed by atoms with E-state index >= 15 is 0 Å². The number of carbonyl (C=O) groups excluding carboxylic acids is 2. The third kappa shape index (κ3) is 2.04. The molecule has 1 aromatic heterocycles. The molecule has 0 aromatic carbocycles. The molecule has 0 aliphatic carbocycles. The van der Waals surface area contributed by atoms with Crippen molar-refractivity contribution in [2.45, 2.75) is 13.5 Å². The second-order valence-electron chi connectivity index (χ2n) is 3.10. The van der Waals surface area contributed by atoms with E-state index < -0.39 is 11.8 Å². The van der Waals surface area contributed by atoms with Crippen LogP contribution in [0.25, 0.3) is 0 Å². The van der Waals surface area contributed by atoms with Crippen LogP contribution in [0.1, 0.15) is 10.4 Å². The summed E-state index contributed by atoms with van der Waals surface area (Å²) in [5, 5.41) is 6.66. The van der Waals surface area contributed by atoms with Crippen molar-refractivity contribution < 1.29 is 9.59 Å². The van der Waals surface area contributed by atoms with Crippen LogP contribution in [0.15, 0.2) is 16.4 Å². The molecule has 1 aromatic rings. The second kappa shape index (κ2) is 3.82. The number of amides is 2. The number of aryl methyl sites for hydroxylation is 1. The van der Waals surface area contributed by atoms with Gasteiger partial charge < -0.3 is 0 Å². The molecule has 1 fully saturated rings. The van der Waals surface area contributed by atoms with Crippen molar-refractivity contribution in [3.8, 4) is 0 Å². The zero-order valence-electron chi connectivity index (χ0n) is 8.03. The van der Waals surface area contributed by atoms with E-state index in [2.05, 4.69) is 15.6 Å². The number of aliphatic imine (C=N–C) groups is 1. The Labute approximate surface area is 90.2 Å². The minimum absolute atomic E-state index is 0.234.